The van der Waals surface area contributed by atoms with Gasteiger partial charge in [-0.15, -0.1) is 0 Å². The molecule has 3 unspecified atom stereocenters. The Bertz CT molecular complexity index is 1640. The lowest BCUT2D eigenvalue weighted by atomic mass is 9.96. The lowest BCUT2D eigenvalue weighted by Crippen LogP contribution is -2.43. The maximum Gasteiger partial charge on any atom is 0.411 e. The number of ether oxygens (including phenoxy) is 3. The van der Waals surface area contributed by atoms with Crippen LogP contribution in [0.2, 0.25) is 10.0 Å². The molecule has 1 aliphatic heterocycles. The number of benzene rings is 3. The van der Waals surface area contributed by atoms with Gasteiger partial charge < -0.3 is 24.4 Å². The first-order valence-corrected chi connectivity index (χ1v) is 17.2. The molecule has 0 fully saturated rings. The predicted molar refractivity (Wildman–Crippen MR) is 193 cm³/mol. The number of hydrogen-bond acceptors (Lipinski definition) is 6. The van der Waals surface area contributed by atoms with Gasteiger partial charge in [0.25, 0.3) is 5.91 Å². The van der Waals surface area contributed by atoms with Gasteiger partial charge in [-0.3, -0.25) is 9.69 Å². The lowest BCUT2D eigenvalue weighted by molar-refractivity contribution is -0.122. The Morgan fingerprint density at radius 2 is 1.49 bits per heavy atom. The van der Waals surface area contributed by atoms with E-state index in [-0.39, 0.29) is 25.0 Å². The van der Waals surface area contributed by atoms with E-state index >= 15 is 0 Å². The van der Waals surface area contributed by atoms with Gasteiger partial charge in [0.2, 0.25) is 0 Å². The monoisotopic (exact) mass is 711 g/mol. The largest absolute Gasteiger partial charge is 0.479 e. The maximum atomic E-state index is 14.0. The van der Waals surface area contributed by atoms with Crippen molar-refractivity contribution in [2.45, 2.75) is 111 Å². The average Bonchev–Trinajstić information content (AvgIpc) is 2.99. The number of rotatable bonds is 10. The first kappa shape index (κ1) is 37.9. The van der Waals surface area contributed by atoms with Gasteiger partial charge in [0.05, 0.1) is 18.3 Å². The van der Waals surface area contributed by atoms with Crippen molar-refractivity contribution in [2.24, 2.45) is 0 Å². The van der Waals surface area contributed by atoms with E-state index in [1.807, 2.05) is 97.0 Å². The zero-order chi connectivity index (χ0) is 36.1. The number of nitrogens with one attached hydrogen (secondary N) is 1. The van der Waals surface area contributed by atoms with E-state index in [0.29, 0.717) is 34.3 Å². The van der Waals surface area contributed by atoms with Crippen molar-refractivity contribution in [1.82, 2.24) is 9.80 Å². The molecule has 0 radical (unpaired) electrons. The van der Waals surface area contributed by atoms with Crippen LogP contribution in [0.4, 0.5) is 15.3 Å². The van der Waals surface area contributed by atoms with Gasteiger partial charge in [0, 0.05) is 22.6 Å². The predicted octanol–water partition coefficient (Wildman–Crippen LogP) is 9.80. The molecule has 264 valence electrons. The molecule has 0 spiro atoms. The number of nitrogens with zero attached hydrogens (tertiary/aromatic N) is 2. The molecule has 1 heterocycles. The second-order valence-electron chi connectivity index (χ2n) is 14.4. The van der Waals surface area contributed by atoms with Crippen molar-refractivity contribution in [1.29, 1.82) is 0 Å². The summed E-state index contributed by atoms with van der Waals surface area (Å²) in [6.07, 6.45) is -0.694. The van der Waals surface area contributed by atoms with Crippen LogP contribution in [-0.4, -0.2) is 51.2 Å². The average molecular weight is 713 g/mol. The highest BCUT2D eigenvalue weighted by Crippen LogP contribution is 2.37. The minimum Gasteiger partial charge on any atom is -0.479 e. The molecule has 0 aliphatic carbocycles. The van der Waals surface area contributed by atoms with Crippen LogP contribution in [0.15, 0.2) is 66.7 Å². The van der Waals surface area contributed by atoms with E-state index in [2.05, 4.69) is 5.32 Å². The number of anilines is 1. The van der Waals surface area contributed by atoms with Crippen LogP contribution in [0.3, 0.4) is 0 Å². The number of carbonyl (C=O) groups is 3. The molecule has 3 aromatic carbocycles. The standard InChI is InChI=1S/C38H47Cl2N3O6/c1-24(42(35(45)48-37(3,4)5)23-28-15-17-29(39)21-30(28)40)14-18-32(27-16-19-33-31(20-27)41-34(44)25(2)47-33)43(36(46)49-38(6,7)8)22-26-12-10-9-11-13-26/h9-13,15-17,19-21,24-25,32H,14,18,22-23H2,1-8H3,(H,41,44). The third kappa shape index (κ3) is 10.8. The smallest absolute Gasteiger partial charge is 0.411 e. The zero-order valence-electron chi connectivity index (χ0n) is 29.5. The summed E-state index contributed by atoms with van der Waals surface area (Å²) < 4.78 is 17.6. The minimum atomic E-state index is -0.747. The van der Waals surface area contributed by atoms with Crippen molar-refractivity contribution in [3.8, 4) is 5.75 Å². The van der Waals surface area contributed by atoms with E-state index in [1.165, 1.54) is 0 Å². The number of fused-ring (bicyclic) bond motifs is 1. The Hall–Kier alpha value is -3.95. The summed E-state index contributed by atoms with van der Waals surface area (Å²) >= 11 is 12.7. The van der Waals surface area contributed by atoms with Gasteiger partial charge in [-0.1, -0.05) is 65.7 Å². The van der Waals surface area contributed by atoms with Crippen LogP contribution in [0, 0.1) is 0 Å². The van der Waals surface area contributed by atoms with Crippen molar-refractivity contribution in [2.75, 3.05) is 5.32 Å². The third-order valence-corrected chi connectivity index (χ3v) is 8.48. The van der Waals surface area contributed by atoms with E-state index in [1.54, 1.807) is 34.9 Å². The minimum absolute atomic E-state index is 0.191. The molecule has 49 heavy (non-hydrogen) atoms. The second kappa shape index (κ2) is 15.7. The Kier molecular flexibility index (Phi) is 12.2. The van der Waals surface area contributed by atoms with Gasteiger partial charge in [-0.2, -0.15) is 0 Å². The second-order valence-corrected chi connectivity index (χ2v) is 15.2. The van der Waals surface area contributed by atoms with Crippen LogP contribution < -0.4 is 10.1 Å². The molecule has 11 heteroatoms. The van der Waals surface area contributed by atoms with Crippen molar-refractivity contribution in [3.05, 3.63) is 93.5 Å². The van der Waals surface area contributed by atoms with Gasteiger partial charge in [0.1, 0.15) is 17.0 Å². The fourth-order valence-corrected chi connectivity index (χ4v) is 5.92. The SMILES string of the molecule is CC1Oc2ccc(C(CCC(C)N(Cc3ccc(Cl)cc3Cl)C(=O)OC(C)(C)C)N(Cc3ccccc3)C(=O)OC(C)(C)C)cc2NC1=O. The van der Waals surface area contributed by atoms with E-state index in [9.17, 15) is 14.4 Å². The number of halogens is 2. The van der Waals surface area contributed by atoms with Crippen molar-refractivity contribution >= 4 is 47.0 Å². The lowest BCUT2D eigenvalue weighted by Gasteiger charge is -2.37. The molecule has 0 bridgehead atoms. The number of amides is 3. The molecule has 1 aliphatic rings. The molecule has 1 N–H and O–H groups in total. The first-order valence-electron chi connectivity index (χ1n) is 16.5. The normalized spacial score (nSPS) is 15.6. The van der Waals surface area contributed by atoms with Crippen LogP contribution >= 0.6 is 23.2 Å². The summed E-state index contributed by atoms with van der Waals surface area (Å²) in [5.74, 6) is 0.294. The van der Waals surface area contributed by atoms with Gasteiger partial charge >= 0.3 is 12.2 Å². The highest BCUT2D eigenvalue weighted by Gasteiger charge is 2.34. The molecule has 4 rings (SSSR count). The molecule has 3 amide bonds. The molecular formula is C38H47Cl2N3O6. The Balaban J connectivity index is 1.73. The topological polar surface area (TPSA) is 97.4 Å². The van der Waals surface area contributed by atoms with Crippen LogP contribution in [0.5, 0.6) is 5.75 Å². The summed E-state index contributed by atoms with van der Waals surface area (Å²) in [6, 6.07) is 19.6. The molecule has 0 saturated heterocycles. The molecular weight excluding hydrogens is 665 g/mol. The molecule has 3 atom stereocenters. The summed E-state index contributed by atoms with van der Waals surface area (Å²) in [5.41, 5.74) is 1.47. The Morgan fingerprint density at radius 3 is 2.10 bits per heavy atom. The zero-order valence-corrected chi connectivity index (χ0v) is 31.0. The van der Waals surface area contributed by atoms with Crippen LogP contribution in [0.25, 0.3) is 0 Å². The summed E-state index contributed by atoms with van der Waals surface area (Å²) in [5, 5.41) is 3.87. The quantitative estimate of drug-likeness (QED) is 0.225. The molecule has 9 nitrogen and oxygen atoms in total. The Morgan fingerprint density at radius 1 is 0.857 bits per heavy atom. The van der Waals surface area contributed by atoms with E-state index < -0.39 is 35.5 Å². The summed E-state index contributed by atoms with van der Waals surface area (Å²) in [7, 11) is 0. The van der Waals surface area contributed by atoms with Gasteiger partial charge in [-0.05, 0) is 109 Å². The van der Waals surface area contributed by atoms with Gasteiger partial charge in [-0.25, -0.2) is 9.59 Å². The van der Waals surface area contributed by atoms with Crippen molar-refractivity contribution < 1.29 is 28.6 Å². The fourth-order valence-electron chi connectivity index (χ4n) is 5.45. The van der Waals surface area contributed by atoms with Gasteiger partial charge in [0.15, 0.2) is 6.10 Å². The van der Waals surface area contributed by atoms with Crippen LogP contribution in [-0.2, 0) is 27.4 Å². The maximum absolute atomic E-state index is 14.0. The fraction of sp³-hybridized carbons (Fsp3) is 0.447. The molecule has 0 aromatic heterocycles. The molecule has 3 aromatic rings. The number of carbonyl (C=O) groups excluding carboxylic acids is 3. The van der Waals surface area contributed by atoms with E-state index in [4.69, 9.17) is 37.4 Å². The highest BCUT2D eigenvalue weighted by molar-refractivity contribution is 6.35. The molecule has 0 saturated carbocycles. The Labute approximate surface area is 299 Å². The van der Waals surface area contributed by atoms with E-state index in [0.717, 1.165) is 16.7 Å². The highest BCUT2D eigenvalue weighted by atomic mass is 35.5. The summed E-state index contributed by atoms with van der Waals surface area (Å²) in [6.45, 7) is 15.0. The third-order valence-electron chi connectivity index (χ3n) is 7.89. The van der Waals surface area contributed by atoms with Crippen molar-refractivity contribution in [3.63, 3.8) is 0 Å². The van der Waals surface area contributed by atoms with Crippen LogP contribution in [0.1, 0.15) is 91.0 Å². The first-order chi connectivity index (χ1) is 22.9. The number of hydrogen-bond donors (Lipinski definition) is 1. The summed E-state index contributed by atoms with van der Waals surface area (Å²) in [4.78, 5) is 43.6.